The normalized spacial score (nSPS) is 24.7. The molecule has 33 heavy (non-hydrogen) atoms. The Hall–Kier alpha value is -1.89. The monoisotopic (exact) mass is 497 g/mol. The Kier molecular flexibility index (Phi) is 6.04. The van der Waals surface area contributed by atoms with Gasteiger partial charge in [0.2, 0.25) is 0 Å². The van der Waals surface area contributed by atoms with Crippen LogP contribution < -0.4 is 14.9 Å². The highest BCUT2D eigenvalue weighted by atomic mass is 32.2. The average molecular weight is 498 g/mol. The van der Waals surface area contributed by atoms with Gasteiger partial charge in [0.1, 0.15) is 12.4 Å². The molecule has 0 aromatic carbocycles. The zero-order valence-corrected chi connectivity index (χ0v) is 20.2. The number of nitrogens with zero attached hydrogens (tertiary/aromatic N) is 5. The van der Waals surface area contributed by atoms with Gasteiger partial charge in [0.25, 0.3) is 6.43 Å². The molecule has 12 heteroatoms. The zero-order chi connectivity index (χ0) is 23.3. The van der Waals surface area contributed by atoms with Crippen molar-refractivity contribution in [1.29, 1.82) is 0 Å². The Bertz CT molecular complexity index is 1150. The minimum Gasteiger partial charge on any atom is -0.363 e. The molecule has 1 aliphatic heterocycles. The molecule has 2 N–H and O–H groups in total. The summed E-state index contributed by atoms with van der Waals surface area (Å²) >= 11 is 2.41. The first kappa shape index (κ1) is 22.9. The van der Waals surface area contributed by atoms with E-state index in [1.165, 1.54) is 0 Å². The fourth-order valence-electron chi connectivity index (χ4n) is 4.10. The molecule has 3 aromatic heterocycles. The molecule has 1 aliphatic carbocycles. The van der Waals surface area contributed by atoms with Crippen LogP contribution in [0.5, 0.6) is 0 Å². The molecular formula is C21H26F3N7S2. The summed E-state index contributed by atoms with van der Waals surface area (Å²) in [5, 5.41) is 11.0. The average Bonchev–Trinajstić information content (AvgIpc) is 3.17. The minimum atomic E-state index is -2.67. The van der Waals surface area contributed by atoms with Crippen molar-refractivity contribution >= 4 is 34.6 Å². The number of pyridine rings is 1. The molecule has 7 nitrogen and oxygen atoms in total. The number of imidazole rings is 1. The van der Waals surface area contributed by atoms with Crippen LogP contribution >= 0.6 is 23.3 Å². The number of hydrogen-bond donors (Lipinski definition) is 2. The highest BCUT2D eigenvalue weighted by Crippen LogP contribution is 2.39. The highest BCUT2D eigenvalue weighted by Gasteiger charge is 2.37. The van der Waals surface area contributed by atoms with E-state index >= 15 is 0 Å². The summed E-state index contributed by atoms with van der Waals surface area (Å²) in [6, 6.07) is 1.80. The molecule has 0 radical (unpaired) electrons. The number of piperazine rings is 1. The van der Waals surface area contributed by atoms with E-state index in [1.807, 2.05) is 24.4 Å². The number of alkyl halides is 3. The van der Waals surface area contributed by atoms with Gasteiger partial charge in [-0.3, -0.25) is 9.12 Å². The van der Waals surface area contributed by atoms with Crippen molar-refractivity contribution < 1.29 is 13.2 Å². The van der Waals surface area contributed by atoms with Gasteiger partial charge in [-0.05, 0) is 51.6 Å². The summed E-state index contributed by atoms with van der Waals surface area (Å²) < 4.78 is 45.4. The molecule has 3 atom stereocenters. The number of aromatic nitrogens is 4. The van der Waals surface area contributed by atoms with Crippen LogP contribution in [0.4, 0.5) is 18.9 Å². The lowest BCUT2D eigenvalue weighted by Gasteiger charge is -2.43. The fourth-order valence-corrected chi connectivity index (χ4v) is 5.70. The van der Waals surface area contributed by atoms with Crippen molar-refractivity contribution in [2.24, 2.45) is 0 Å². The van der Waals surface area contributed by atoms with E-state index in [4.69, 9.17) is 0 Å². The summed E-state index contributed by atoms with van der Waals surface area (Å²) in [4.78, 5) is 7.77. The topological polar surface area (TPSA) is 70.4 Å². The van der Waals surface area contributed by atoms with Gasteiger partial charge in [0, 0.05) is 35.3 Å². The van der Waals surface area contributed by atoms with E-state index in [0.717, 1.165) is 34.8 Å². The maximum atomic E-state index is 13.7. The second-order valence-electron chi connectivity index (χ2n) is 9.13. The van der Waals surface area contributed by atoms with Crippen LogP contribution in [0.15, 0.2) is 23.4 Å². The standard InChI is InChI=1S/C21H26F3N7S2/c1-11-9-30(12(2)14(7-22)26-11)15-6-13(33-29-21(3)4-5-21)10-31-16(8-25-18(15)31)19-27-28-20(32-19)17(23)24/h6,8,10-12,14,17,26,29H,4-5,7,9H2,1-3H3/t11-,12+,14+/m1/s1. The first-order valence-electron chi connectivity index (χ1n) is 10.9. The fraction of sp³-hybridized carbons (Fsp3) is 0.571. The van der Waals surface area contributed by atoms with Crippen LogP contribution in [0.3, 0.4) is 0 Å². The molecule has 3 aromatic rings. The summed E-state index contributed by atoms with van der Waals surface area (Å²) in [5.74, 6) is 0. The smallest absolute Gasteiger partial charge is 0.291 e. The second-order valence-corrected chi connectivity index (χ2v) is 11.0. The van der Waals surface area contributed by atoms with Crippen molar-refractivity contribution in [3.8, 4) is 10.7 Å². The molecule has 5 rings (SSSR count). The molecule has 0 amide bonds. The third-order valence-corrected chi connectivity index (χ3v) is 8.35. The van der Waals surface area contributed by atoms with Gasteiger partial charge in [-0.15, -0.1) is 10.2 Å². The Morgan fingerprint density at radius 1 is 1.33 bits per heavy atom. The van der Waals surface area contributed by atoms with Crippen molar-refractivity contribution in [3.63, 3.8) is 0 Å². The number of halogens is 3. The van der Waals surface area contributed by atoms with Crippen LogP contribution in [-0.4, -0.2) is 56.5 Å². The van der Waals surface area contributed by atoms with Crippen LogP contribution in [-0.2, 0) is 0 Å². The summed E-state index contributed by atoms with van der Waals surface area (Å²) in [7, 11) is 0. The maximum Gasteiger partial charge on any atom is 0.291 e. The molecule has 1 saturated carbocycles. The van der Waals surface area contributed by atoms with E-state index in [9.17, 15) is 13.2 Å². The molecule has 2 aliphatic rings. The Balaban J connectivity index is 1.60. The van der Waals surface area contributed by atoms with E-state index in [1.54, 1.807) is 18.1 Å². The molecule has 0 bridgehead atoms. The Morgan fingerprint density at radius 3 is 2.79 bits per heavy atom. The lowest BCUT2D eigenvalue weighted by molar-refractivity contribution is 0.150. The quantitative estimate of drug-likeness (QED) is 0.467. The lowest BCUT2D eigenvalue weighted by atomic mass is 10.0. The highest BCUT2D eigenvalue weighted by molar-refractivity contribution is 7.97. The maximum absolute atomic E-state index is 13.7. The number of fused-ring (bicyclic) bond motifs is 1. The number of anilines is 1. The van der Waals surface area contributed by atoms with Gasteiger partial charge >= 0.3 is 0 Å². The Morgan fingerprint density at radius 2 is 2.12 bits per heavy atom. The van der Waals surface area contributed by atoms with Crippen molar-refractivity contribution in [2.75, 3.05) is 18.1 Å². The third-order valence-electron chi connectivity index (χ3n) is 6.34. The number of rotatable bonds is 7. The number of hydrogen-bond acceptors (Lipinski definition) is 8. The van der Waals surface area contributed by atoms with E-state index in [2.05, 4.69) is 43.1 Å². The van der Waals surface area contributed by atoms with Gasteiger partial charge in [-0.1, -0.05) is 11.3 Å². The summed E-state index contributed by atoms with van der Waals surface area (Å²) in [6.45, 7) is 6.46. The van der Waals surface area contributed by atoms with Gasteiger partial charge in [-0.2, -0.15) is 0 Å². The minimum absolute atomic E-state index is 0.0868. The predicted octanol–water partition coefficient (Wildman–Crippen LogP) is 4.46. The largest absolute Gasteiger partial charge is 0.363 e. The van der Waals surface area contributed by atoms with Gasteiger partial charge in [-0.25, -0.2) is 18.2 Å². The molecular weight excluding hydrogens is 471 g/mol. The van der Waals surface area contributed by atoms with Crippen molar-refractivity contribution in [1.82, 2.24) is 29.6 Å². The van der Waals surface area contributed by atoms with Crippen LogP contribution in [0, 0.1) is 0 Å². The molecule has 4 heterocycles. The van der Waals surface area contributed by atoms with Gasteiger partial charge in [0.15, 0.2) is 15.7 Å². The second kappa shape index (κ2) is 8.71. The predicted molar refractivity (Wildman–Crippen MR) is 125 cm³/mol. The van der Waals surface area contributed by atoms with Crippen LogP contribution in [0.25, 0.3) is 16.3 Å². The molecule has 2 fully saturated rings. The van der Waals surface area contributed by atoms with E-state index in [0.29, 0.717) is 22.9 Å². The van der Waals surface area contributed by atoms with E-state index in [-0.39, 0.29) is 28.7 Å². The Labute approximate surface area is 198 Å². The summed E-state index contributed by atoms with van der Waals surface area (Å²) in [5.41, 5.74) is 2.29. The molecule has 0 unspecified atom stereocenters. The first-order chi connectivity index (χ1) is 15.8. The SMILES string of the molecule is C[C@@H]1CN(c2cc(SNC3(C)CC3)cn3c(-c4nnc(C(F)F)s4)cnc23)[C@@H](C)[C@H](CF)N1. The lowest BCUT2D eigenvalue weighted by Crippen LogP contribution is -2.61. The van der Waals surface area contributed by atoms with Crippen LogP contribution in [0.1, 0.15) is 45.0 Å². The van der Waals surface area contributed by atoms with Crippen molar-refractivity contribution in [2.45, 2.75) is 68.6 Å². The van der Waals surface area contributed by atoms with Crippen LogP contribution in [0.2, 0.25) is 0 Å². The molecule has 1 saturated heterocycles. The number of nitrogens with one attached hydrogen (secondary N) is 2. The van der Waals surface area contributed by atoms with E-state index < -0.39 is 13.1 Å². The zero-order valence-electron chi connectivity index (χ0n) is 18.6. The van der Waals surface area contributed by atoms with Crippen molar-refractivity contribution in [3.05, 3.63) is 23.5 Å². The summed E-state index contributed by atoms with van der Waals surface area (Å²) in [6.07, 6.45) is 3.16. The molecule has 178 valence electrons. The first-order valence-corrected chi connectivity index (χ1v) is 12.6. The van der Waals surface area contributed by atoms with Gasteiger partial charge < -0.3 is 10.2 Å². The third kappa shape index (κ3) is 4.45. The molecule has 0 spiro atoms. The van der Waals surface area contributed by atoms with Gasteiger partial charge in [0.05, 0.1) is 17.9 Å².